The van der Waals surface area contributed by atoms with Crippen LogP contribution in [0.25, 0.3) is 11.3 Å². The van der Waals surface area contributed by atoms with E-state index in [1.54, 1.807) is 49.4 Å². The van der Waals surface area contributed by atoms with Gasteiger partial charge in [0.2, 0.25) is 5.91 Å². The third-order valence-corrected chi connectivity index (χ3v) is 6.74. The molecule has 3 aromatic rings. The molecule has 0 spiro atoms. The number of rotatable bonds is 6. The van der Waals surface area contributed by atoms with Gasteiger partial charge in [0.1, 0.15) is 0 Å². The molecule has 2 aromatic carbocycles. The zero-order chi connectivity index (χ0) is 21.2. The van der Waals surface area contributed by atoms with Gasteiger partial charge in [-0.05, 0) is 50.6 Å². The van der Waals surface area contributed by atoms with E-state index in [4.69, 9.17) is 16.1 Å². The smallest absolute Gasteiger partial charge is 0.225 e. The normalized spacial score (nSPS) is 11.4. The molecule has 0 radical (unpaired) electrons. The number of hydrogen-bond donors (Lipinski definition) is 1. The summed E-state index contributed by atoms with van der Waals surface area (Å²) in [5.41, 5.74) is 3.38. The first-order chi connectivity index (χ1) is 13.7. The van der Waals surface area contributed by atoms with Gasteiger partial charge in [-0.2, -0.15) is 0 Å². The summed E-state index contributed by atoms with van der Waals surface area (Å²) in [4.78, 5) is 12.4. The monoisotopic (exact) mass is 432 g/mol. The maximum Gasteiger partial charge on any atom is 0.225 e. The highest BCUT2D eigenvalue weighted by Gasteiger charge is 2.21. The summed E-state index contributed by atoms with van der Waals surface area (Å²) in [6.45, 7) is 5.42. The van der Waals surface area contributed by atoms with Crippen LogP contribution in [0.5, 0.6) is 0 Å². The summed E-state index contributed by atoms with van der Waals surface area (Å²) in [7, 11) is -3.67. The van der Waals surface area contributed by atoms with Gasteiger partial charge in [-0.1, -0.05) is 35.0 Å². The Kier molecular flexibility index (Phi) is 6.10. The minimum atomic E-state index is -3.67. The first-order valence-corrected chi connectivity index (χ1v) is 11.0. The molecule has 1 amide bonds. The second-order valence-corrected chi connectivity index (χ2v) is 9.34. The number of amides is 1. The fourth-order valence-electron chi connectivity index (χ4n) is 2.89. The predicted molar refractivity (Wildman–Crippen MR) is 113 cm³/mol. The van der Waals surface area contributed by atoms with Crippen LogP contribution >= 0.6 is 11.6 Å². The number of nitrogens with zero attached hydrogens (tertiary/aromatic N) is 1. The van der Waals surface area contributed by atoms with Gasteiger partial charge in [-0.3, -0.25) is 4.79 Å². The van der Waals surface area contributed by atoms with Crippen molar-refractivity contribution in [2.45, 2.75) is 32.1 Å². The van der Waals surface area contributed by atoms with E-state index in [0.717, 1.165) is 11.3 Å². The molecule has 1 heterocycles. The zero-order valence-electron chi connectivity index (χ0n) is 16.3. The second-order valence-electron chi connectivity index (χ2n) is 6.83. The molecular weight excluding hydrogens is 412 g/mol. The maximum atomic E-state index is 12.9. The lowest BCUT2D eigenvalue weighted by molar-refractivity contribution is -0.115. The average Bonchev–Trinajstić information content (AvgIpc) is 2.99. The number of aryl methyl sites for hydroxylation is 2. The second kappa shape index (κ2) is 8.39. The number of aromatic nitrogens is 1. The largest absolute Gasteiger partial charge is 0.356 e. The van der Waals surface area contributed by atoms with E-state index in [0.29, 0.717) is 27.6 Å². The first kappa shape index (κ1) is 21.1. The van der Waals surface area contributed by atoms with E-state index in [2.05, 4.69) is 10.5 Å². The standard InChI is InChI=1S/C21H21ClN2O4S/c1-13-7-8-16(21-14(2)15(3)24-28-21)11-19(13)29(26,27)10-9-20(25)23-18-6-4-5-17(22)12-18/h4-8,11-12H,9-10H2,1-3H3,(H,23,25). The molecule has 1 N–H and O–H groups in total. The number of benzene rings is 2. The minimum Gasteiger partial charge on any atom is -0.356 e. The van der Waals surface area contributed by atoms with Gasteiger partial charge in [-0.25, -0.2) is 8.42 Å². The van der Waals surface area contributed by atoms with Crippen LogP contribution in [0.15, 0.2) is 51.9 Å². The molecular formula is C21H21ClN2O4S. The third kappa shape index (κ3) is 4.86. The molecule has 0 saturated heterocycles. The maximum absolute atomic E-state index is 12.9. The van der Waals surface area contributed by atoms with E-state index < -0.39 is 15.7 Å². The van der Waals surface area contributed by atoms with Crippen molar-refractivity contribution >= 4 is 33.0 Å². The Labute approximate surface area is 174 Å². The Bertz CT molecular complexity index is 1170. The Morgan fingerprint density at radius 2 is 1.90 bits per heavy atom. The van der Waals surface area contributed by atoms with Gasteiger partial charge in [0.05, 0.1) is 16.3 Å². The van der Waals surface area contributed by atoms with E-state index in [9.17, 15) is 13.2 Å². The first-order valence-electron chi connectivity index (χ1n) is 8.99. The van der Waals surface area contributed by atoms with Gasteiger partial charge in [0.25, 0.3) is 0 Å². The summed E-state index contributed by atoms with van der Waals surface area (Å²) in [5, 5.41) is 7.07. The Morgan fingerprint density at radius 1 is 1.14 bits per heavy atom. The molecule has 0 aliphatic rings. The molecule has 1 aromatic heterocycles. The van der Waals surface area contributed by atoms with Crippen LogP contribution in [0.3, 0.4) is 0 Å². The molecule has 0 unspecified atom stereocenters. The molecule has 0 saturated carbocycles. The van der Waals surface area contributed by atoms with Crippen LogP contribution in [-0.2, 0) is 14.6 Å². The molecule has 8 heteroatoms. The number of halogens is 1. The van der Waals surface area contributed by atoms with Gasteiger partial charge in [0, 0.05) is 28.3 Å². The molecule has 0 bridgehead atoms. The van der Waals surface area contributed by atoms with Crippen LogP contribution in [0.1, 0.15) is 23.2 Å². The Morgan fingerprint density at radius 3 is 2.55 bits per heavy atom. The van der Waals surface area contributed by atoms with Crippen LogP contribution in [0, 0.1) is 20.8 Å². The minimum absolute atomic E-state index is 0.168. The SMILES string of the molecule is Cc1ccc(-c2onc(C)c2C)cc1S(=O)(=O)CCC(=O)Nc1cccc(Cl)c1. The third-order valence-electron chi connectivity index (χ3n) is 4.65. The molecule has 0 atom stereocenters. The molecule has 0 aliphatic heterocycles. The summed E-state index contributed by atoms with van der Waals surface area (Å²) >= 11 is 5.89. The highest BCUT2D eigenvalue weighted by molar-refractivity contribution is 7.91. The lowest BCUT2D eigenvalue weighted by Gasteiger charge is -2.10. The highest BCUT2D eigenvalue weighted by Crippen LogP contribution is 2.29. The lowest BCUT2D eigenvalue weighted by atomic mass is 10.1. The molecule has 29 heavy (non-hydrogen) atoms. The van der Waals surface area contributed by atoms with Crippen molar-refractivity contribution in [2.75, 3.05) is 11.1 Å². The van der Waals surface area contributed by atoms with Crippen molar-refractivity contribution in [3.05, 3.63) is 64.3 Å². The van der Waals surface area contributed by atoms with Crippen LogP contribution in [0.4, 0.5) is 5.69 Å². The number of carbonyl (C=O) groups is 1. The molecule has 6 nitrogen and oxygen atoms in total. The quantitative estimate of drug-likeness (QED) is 0.608. The van der Waals surface area contributed by atoms with Crippen molar-refractivity contribution in [1.82, 2.24) is 5.16 Å². The van der Waals surface area contributed by atoms with Crippen molar-refractivity contribution in [1.29, 1.82) is 0 Å². The van der Waals surface area contributed by atoms with Crippen LogP contribution < -0.4 is 5.32 Å². The Balaban J connectivity index is 1.77. The molecule has 0 fully saturated rings. The number of sulfone groups is 1. The summed E-state index contributed by atoms with van der Waals surface area (Å²) in [6, 6.07) is 11.8. The topological polar surface area (TPSA) is 89.3 Å². The van der Waals surface area contributed by atoms with E-state index >= 15 is 0 Å². The zero-order valence-corrected chi connectivity index (χ0v) is 17.9. The van der Waals surface area contributed by atoms with E-state index in [1.165, 1.54) is 0 Å². The Hall–Kier alpha value is -2.64. The van der Waals surface area contributed by atoms with Gasteiger partial charge in [-0.15, -0.1) is 0 Å². The van der Waals surface area contributed by atoms with Gasteiger partial charge < -0.3 is 9.84 Å². The highest BCUT2D eigenvalue weighted by atomic mass is 35.5. The number of nitrogens with one attached hydrogen (secondary N) is 1. The number of anilines is 1. The van der Waals surface area contributed by atoms with Gasteiger partial charge in [0.15, 0.2) is 15.6 Å². The summed E-state index contributed by atoms with van der Waals surface area (Å²) in [6.07, 6.45) is -0.168. The predicted octanol–water partition coefficient (Wildman–Crippen LogP) is 4.72. The van der Waals surface area contributed by atoms with Crippen molar-refractivity contribution < 1.29 is 17.7 Å². The van der Waals surface area contributed by atoms with Crippen molar-refractivity contribution in [3.8, 4) is 11.3 Å². The van der Waals surface area contributed by atoms with Crippen molar-refractivity contribution in [2.24, 2.45) is 0 Å². The van der Waals surface area contributed by atoms with E-state index in [-0.39, 0.29) is 17.1 Å². The molecule has 3 rings (SSSR count). The average molecular weight is 433 g/mol. The summed E-state index contributed by atoms with van der Waals surface area (Å²) < 4.78 is 31.1. The van der Waals surface area contributed by atoms with Crippen molar-refractivity contribution in [3.63, 3.8) is 0 Å². The van der Waals surface area contributed by atoms with Crippen LogP contribution in [-0.4, -0.2) is 25.2 Å². The lowest BCUT2D eigenvalue weighted by Crippen LogP contribution is -2.18. The number of carbonyl (C=O) groups excluding carboxylic acids is 1. The fourth-order valence-corrected chi connectivity index (χ4v) is 4.62. The fraction of sp³-hybridized carbons (Fsp3) is 0.238. The number of hydrogen-bond acceptors (Lipinski definition) is 5. The summed E-state index contributed by atoms with van der Waals surface area (Å²) in [5.74, 6) is -0.165. The van der Waals surface area contributed by atoms with E-state index in [1.807, 2.05) is 13.8 Å². The molecule has 0 aliphatic carbocycles. The van der Waals surface area contributed by atoms with Crippen LogP contribution in [0.2, 0.25) is 5.02 Å². The van der Waals surface area contributed by atoms with Gasteiger partial charge >= 0.3 is 0 Å². The molecule has 152 valence electrons.